The molecular formula is C17H15N5. The molecule has 2 aliphatic rings. The predicted octanol–water partition coefficient (Wildman–Crippen LogP) is 2.34. The Morgan fingerprint density at radius 1 is 1.00 bits per heavy atom. The fraction of sp³-hybridized carbons (Fsp3) is 0.294. The lowest BCUT2D eigenvalue weighted by atomic mass is 10.1. The highest BCUT2D eigenvalue weighted by atomic mass is 15.2. The summed E-state index contributed by atoms with van der Waals surface area (Å²) < 4.78 is 0. The number of aromatic nitrogens is 4. The zero-order valence-electron chi connectivity index (χ0n) is 12.1. The van der Waals surface area contributed by atoms with Crippen molar-refractivity contribution < 1.29 is 0 Å². The van der Waals surface area contributed by atoms with Crippen LogP contribution in [-0.2, 0) is 6.42 Å². The van der Waals surface area contributed by atoms with E-state index in [1.54, 1.807) is 18.6 Å². The minimum atomic E-state index is 0.506. The average molecular weight is 289 g/mol. The molecular weight excluding hydrogens is 274 g/mol. The van der Waals surface area contributed by atoms with E-state index < -0.39 is 0 Å². The zero-order chi connectivity index (χ0) is 14.5. The van der Waals surface area contributed by atoms with Crippen molar-refractivity contribution in [2.45, 2.75) is 24.8 Å². The van der Waals surface area contributed by atoms with Gasteiger partial charge in [0.25, 0.3) is 0 Å². The summed E-state index contributed by atoms with van der Waals surface area (Å²) in [4.78, 5) is 20.0. The van der Waals surface area contributed by atoms with E-state index in [1.807, 2.05) is 18.6 Å². The lowest BCUT2D eigenvalue weighted by Crippen LogP contribution is -2.24. The van der Waals surface area contributed by atoms with Crippen LogP contribution in [0, 0.1) is 0 Å². The molecule has 3 aromatic rings. The van der Waals surface area contributed by atoms with Gasteiger partial charge in [-0.3, -0.25) is 19.9 Å². The maximum atomic E-state index is 4.52. The molecule has 0 spiro atoms. The molecule has 22 heavy (non-hydrogen) atoms. The second-order valence-corrected chi connectivity index (χ2v) is 6.01. The van der Waals surface area contributed by atoms with Gasteiger partial charge in [-0.05, 0) is 24.5 Å². The molecule has 1 saturated carbocycles. The number of pyridine rings is 2. The van der Waals surface area contributed by atoms with E-state index in [2.05, 4.69) is 30.9 Å². The molecule has 0 amide bonds. The number of rotatable bonds is 2. The minimum absolute atomic E-state index is 0.506. The van der Waals surface area contributed by atoms with Gasteiger partial charge in [-0.15, -0.1) is 0 Å². The van der Waals surface area contributed by atoms with Gasteiger partial charge < -0.3 is 4.90 Å². The summed E-state index contributed by atoms with van der Waals surface area (Å²) in [5.41, 5.74) is 5.83. The highest BCUT2D eigenvalue weighted by molar-refractivity contribution is 5.78. The highest BCUT2D eigenvalue weighted by Gasteiger charge is 2.45. The Labute approximate surface area is 128 Å². The van der Waals surface area contributed by atoms with Gasteiger partial charge >= 0.3 is 0 Å². The van der Waals surface area contributed by atoms with Gasteiger partial charge in [0.05, 0.1) is 11.7 Å². The maximum Gasteiger partial charge on any atom is 0.107 e. The topological polar surface area (TPSA) is 54.8 Å². The number of anilines is 1. The standard InChI is InChI=1S/C17H15N5/c1-3-18-8-11-2-6-22(15(1)11)16-7-12(16)13-9-19-10-14-17(13)21-5-4-20-14/h1,3-5,8-10,12,16H,2,6-7H2. The van der Waals surface area contributed by atoms with E-state index in [9.17, 15) is 0 Å². The second-order valence-electron chi connectivity index (χ2n) is 6.01. The summed E-state index contributed by atoms with van der Waals surface area (Å²) in [6.07, 6.45) is 13.4. The van der Waals surface area contributed by atoms with Gasteiger partial charge in [0.15, 0.2) is 0 Å². The summed E-state index contributed by atoms with van der Waals surface area (Å²) >= 11 is 0. The van der Waals surface area contributed by atoms with E-state index in [0.29, 0.717) is 12.0 Å². The van der Waals surface area contributed by atoms with Crippen molar-refractivity contribution in [1.82, 2.24) is 19.9 Å². The Kier molecular flexibility index (Phi) is 2.44. The Morgan fingerprint density at radius 3 is 2.95 bits per heavy atom. The number of fused-ring (bicyclic) bond motifs is 2. The first-order valence-electron chi connectivity index (χ1n) is 7.66. The van der Waals surface area contributed by atoms with Crippen LogP contribution < -0.4 is 4.90 Å². The molecule has 1 fully saturated rings. The third kappa shape index (κ3) is 1.71. The molecule has 2 unspecified atom stereocenters. The second kappa shape index (κ2) is 4.47. The van der Waals surface area contributed by atoms with Gasteiger partial charge in [0, 0.05) is 60.7 Å². The number of hydrogen-bond donors (Lipinski definition) is 0. The van der Waals surface area contributed by atoms with Crippen LogP contribution in [0.1, 0.15) is 23.5 Å². The maximum absolute atomic E-state index is 4.52. The first-order chi connectivity index (χ1) is 10.9. The summed E-state index contributed by atoms with van der Waals surface area (Å²) in [5, 5.41) is 0. The Bertz CT molecular complexity index is 857. The fourth-order valence-electron chi connectivity index (χ4n) is 3.65. The van der Waals surface area contributed by atoms with Crippen molar-refractivity contribution >= 4 is 16.7 Å². The highest BCUT2D eigenvalue weighted by Crippen LogP contribution is 2.49. The first-order valence-corrected chi connectivity index (χ1v) is 7.66. The van der Waals surface area contributed by atoms with Gasteiger partial charge in [0.1, 0.15) is 5.52 Å². The molecule has 3 aromatic heterocycles. The molecule has 5 rings (SSSR count). The minimum Gasteiger partial charge on any atom is -0.367 e. The van der Waals surface area contributed by atoms with E-state index >= 15 is 0 Å². The van der Waals surface area contributed by atoms with Crippen LogP contribution in [-0.4, -0.2) is 32.5 Å². The zero-order valence-corrected chi connectivity index (χ0v) is 12.1. The molecule has 4 heterocycles. The molecule has 2 atom stereocenters. The molecule has 0 bridgehead atoms. The van der Waals surface area contributed by atoms with Gasteiger partial charge in [0.2, 0.25) is 0 Å². The Hall–Kier alpha value is -2.56. The van der Waals surface area contributed by atoms with Crippen molar-refractivity contribution in [3.05, 3.63) is 54.4 Å². The Morgan fingerprint density at radius 2 is 1.95 bits per heavy atom. The van der Waals surface area contributed by atoms with Crippen LogP contribution in [0.2, 0.25) is 0 Å². The molecule has 5 heteroatoms. The average Bonchev–Trinajstić information content (AvgIpc) is 3.25. The van der Waals surface area contributed by atoms with Crippen LogP contribution in [0.5, 0.6) is 0 Å². The molecule has 0 aromatic carbocycles. The number of hydrogen-bond acceptors (Lipinski definition) is 5. The lowest BCUT2D eigenvalue weighted by molar-refractivity contribution is 0.809. The van der Waals surface area contributed by atoms with Crippen molar-refractivity contribution in [2.75, 3.05) is 11.4 Å². The van der Waals surface area contributed by atoms with Crippen LogP contribution in [0.25, 0.3) is 11.0 Å². The fourth-order valence-corrected chi connectivity index (χ4v) is 3.65. The summed E-state index contributed by atoms with van der Waals surface area (Å²) in [5.74, 6) is 0.506. The summed E-state index contributed by atoms with van der Waals surface area (Å²) in [7, 11) is 0. The van der Waals surface area contributed by atoms with Crippen molar-refractivity contribution in [3.8, 4) is 0 Å². The van der Waals surface area contributed by atoms with Crippen LogP contribution in [0.4, 0.5) is 5.69 Å². The molecule has 0 saturated heterocycles. The van der Waals surface area contributed by atoms with E-state index in [4.69, 9.17) is 0 Å². The van der Waals surface area contributed by atoms with Crippen molar-refractivity contribution in [1.29, 1.82) is 0 Å². The molecule has 5 nitrogen and oxygen atoms in total. The summed E-state index contributed by atoms with van der Waals surface area (Å²) in [6.45, 7) is 1.09. The molecule has 108 valence electrons. The van der Waals surface area contributed by atoms with Gasteiger partial charge in [-0.1, -0.05) is 0 Å². The van der Waals surface area contributed by atoms with Gasteiger partial charge in [-0.2, -0.15) is 0 Å². The van der Waals surface area contributed by atoms with E-state index in [0.717, 1.165) is 24.0 Å². The van der Waals surface area contributed by atoms with Gasteiger partial charge in [-0.25, -0.2) is 0 Å². The monoisotopic (exact) mass is 289 g/mol. The summed E-state index contributed by atoms with van der Waals surface area (Å²) in [6, 6.07) is 2.69. The quantitative estimate of drug-likeness (QED) is 0.725. The van der Waals surface area contributed by atoms with E-state index in [1.165, 1.54) is 23.2 Å². The predicted molar refractivity (Wildman–Crippen MR) is 83.8 cm³/mol. The molecule has 1 aliphatic heterocycles. The van der Waals surface area contributed by atoms with Crippen molar-refractivity contribution in [3.63, 3.8) is 0 Å². The SMILES string of the molecule is c1cc2c(cn1)CCN2C1CC1c1cncc2nccnc12. The molecule has 1 aliphatic carbocycles. The third-order valence-corrected chi connectivity index (χ3v) is 4.78. The van der Waals surface area contributed by atoms with Crippen LogP contribution in [0.15, 0.2) is 43.2 Å². The van der Waals surface area contributed by atoms with Crippen LogP contribution in [0.3, 0.4) is 0 Å². The number of nitrogens with zero attached hydrogens (tertiary/aromatic N) is 5. The van der Waals surface area contributed by atoms with Crippen LogP contribution >= 0.6 is 0 Å². The smallest absolute Gasteiger partial charge is 0.107 e. The first kappa shape index (κ1) is 12.0. The molecule has 0 radical (unpaired) electrons. The van der Waals surface area contributed by atoms with Crippen molar-refractivity contribution in [2.24, 2.45) is 0 Å². The Balaban J connectivity index is 1.50. The normalized spacial score (nSPS) is 22.8. The largest absolute Gasteiger partial charge is 0.367 e. The lowest BCUT2D eigenvalue weighted by Gasteiger charge is -2.19. The van der Waals surface area contributed by atoms with E-state index in [-0.39, 0.29) is 0 Å². The third-order valence-electron chi connectivity index (χ3n) is 4.78. The molecule has 0 N–H and O–H groups in total.